The van der Waals surface area contributed by atoms with Crippen molar-refractivity contribution in [3.63, 3.8) is 0 Å². The Morgan fingerprint density at radius 3 is 2.38 bits per heavy atom. The molecule has 0 bridgehead atoms. The third-order valence-electron chi connectivity index (χ3n) is 2.07. The molecule has 86 valence electrons. The van der Waals surface area contributed by atoms with Crippen molar-refractivity contribution in [2.75, 3.05) is 0 Å². The van der Waals surface area contributed by atoms with E-state index < -0.39 is 6.10 Å². The van der Waals surface area contributed by atoms with Gasteiger partial charge in [-0.3, -0.25) is 0 Å². The monoisotopic (exact) mass is 444 g/mol. The molecule has 16 heavy (non-hydrogen) atoms. The van der Waals surface area contributed by atoms with E-state index in [4.69, 9.17) is 0 Å². The van der Waals surface area contributed by atoms with Gasteiger partial charge in [0, 0.05) is 16.9 Å². The van der Waals surface area contributed by atoms with E-state index in [-0.39, 0.29) is 0 Å². The molecule has 2 rings (SSSR count). The van der Waals surface area contributed by atoms with Crippen LogP contribution in [-0.2, 0) is 6.42 Å². The fourth-order valence-electron chi connectivity index (χ4n) is 1.34. The van der Waals surface area contributed by atoms with Crippen molar-refractivity contribution in [3.8, 4) is 0 Å². The Morgan fingerprint density at radius 1 is 1.12 bits per heavy atom. The summed E-state index contributed by atoms with van der Waals surface area (Å²) in [5.74, 6) is 0. The molecule has 6 heteroatoms. The number of aliphatic hydroxyl groups excluding tert-OH is 1. The second-order valence-corrected chi connectivity index (χ2v) is 9.50. The van der Waals surface area contributed by atoms with Gasteiger partial charge in [0.15, 0.2) is 0 Å². The van der Waals surface area contributed by atoms with Crippen molar-refractivity contribution >= 4 is 70.5 Å². The van der Waals surface area contributed by atoms with Gasteiger partial charge < -0.3 is 5.11 Å². The predicted octanol–water partition coefficient (Wildman–Crippen LogP) is 5.37. The number of thiophene rings is 2. The maximum Gasteiger partial charge on any atom is 0.0857 e. The van der Waals surface area contributed by atoms with Crippen molar-refractivity contribution in [1.29, 1.82) is 0 Å². The molecule has 2 heterocycles. The van der Waals surface area contributed by atoms with Crippen LogP contribution in [0.15, 0.2) is 29.6 Å². The summed E-state index contributed by atoms with van der Waals surface area (Å²) >= 11 is 13.5. The van der Waals surface area contributed by atoms with Crippen LogP contribution >= 0.6 is 70.5 Å². The van der Waals surface area contributed by atoms with Gasteiger partial charge in [-0.05, 0) is 66.0 Å². The first-order valence-electron chi connectivity index (χ1n) is 4.43. The van der Waals surface area contributed by atoms with Gasteiger partial charge >= 0.3 is 0 Å². The van der Waals surface area contributed by atoms with E-state index in [0.29, 0.717) is 6.42 Å². The lowest BCUT2D eigenvalue weighted by Crippen LogP contribution is -1.99. The Morgan fingerprint density at radius 2 is 1.88 bits per heavy atom. The fourth-order valence-corrected chi connectivity index (χ4v) is 5.82. The maximum absolute atomic E-state index is 10.1. The molecule has 1 atom stereocenters. The first-order chi connectivity index (χ1) is 7.56. The summed E-state index contributed by atoms with van der Waals surface area (Å²) in [4.78, 5) is 1.17. The van der Waals surface area contributed by atoms with Gasteiger partial charge in [-0.15, -0.1) is 22.7 Å². The maximum atomic E-state index is 10.1. The van der Waals surface area contributed by atoms with E-state index in [9.17, 15) is 5.11 Å². The van der Waals surface area contributed by atoms with E-state index >= 15 is 0 Å². The second kappa shape index (κ2) is 5.63. The number of rotatable bonds is 3. The van der Waals surface area contributed by atoms with Crippen molar-refractivity contribution < 1.29 is 5.11 Å². The molecule has 1 unspecified atom stereocenters. The molecule has 0 amide bonds. The minimum Gasteiger partial charge on any atom is -0.388 e. The molecule has 0 aliphatic carbocycles. The molecule has 0 spiro atoms. The van der Waals surface area contributed by atoms with Crippen LogP contribution < -0.4 is 0 Å². The number of hydrogen-bond donors (Lipinski definition) is 1. The highest BCUT2D eigenvalue weighted by Crippen LogP contribution is 2.37. The summed E-state index contributed by atoms with van der Waals surface area (Å²) in [6.45, 7) is 0. The van der Waals surface area contributed by atoms with Crippen molar-refractivity contribution in [3.05, 3.63) is 40.0 Å². The van der Waals surface area contributed by atoms with Crippen molar-refractivity contribution in [2.45, 2.75) is 12.5 Å². The van der Waals surface area contributed by atoms with Gasteiger partial charge in [0.2, 0.25) is 0 Å². The lowest BCUT2D eigenvalue weighted by atomic mass is 10.1. The molecule has 0 saturated carbocycles. The van der Waals surface area contributed by atoms with Gasteiger partial charge in [-0.2, -0.15) is 0 Å². The minimum atomic E-state index is -0.456. The number of aliphatic hydroxyl groups is 1. The number of hydrogen-bond acceptors (Lipinski definition) is 3. The van der Waals surface area contributed by atoms with E-state index in [2.05, 4.69) is 47.8 Å². The summed E-state index contributed by atoms with van der Waals surface area (Å²) in [6, 6.07) is 6.00. The zero-order valence-electron chi connectivity index (χ0n) is 7.91. The molecule has 0 radical (unpaired) electrons. The molecule has 0 saturated heterocycles. The summed E-state index contributed by atoms with van der Waals surface area (Å²) in [6.07, 6.45) is 0.195. The third kappa shape index (κ3) is 3.17. The van der Waals surface area contributed by atoms with Gasteiger partial charge in [0.1, 0.15) is 0 Å². The van der Waals surface area contributed by atoms with Crippen LogP contribution in [0, 0.1) is 0 Å². The van der Waals surface area contributed by atoms with Crippen molar-refractivity contribution in [1.82, 2.24) is 0 Å². The average molecular weight is 447 g/mol. The Bertz CT molecular complexity index is 492. The van der Waals surface area contributed by atoms with Crippen LogP contribution in [0.4, 0.5) is 0 Å². The topological polar surface area (TPSA) is 20.2 Å². The van der Waals surface area contributed by atoms with Crippen LogP contribution in [0.25, 0.3) is 0 Å². The Labute approximate surface area is 127 Å². The van der Waals surface area contributed by atoms with Gasteiger partial charge in [-0.25, -0.2) is 0 Å². The summed E-state index contributed by atoms with van der Waals surface area (Å²) in [5, 5.41) is 10.1. The Hall–Kier alpha value is 0.800. The number of halogens is 3. The fraction of sp³-hybridized carbons (Fsp3) is 0.200. The van der Waals surface area contributed by atoms with Crippen molar-refractivity contribution in [2.24, 2.45) is 0 Å². The van der Waals surface area contributed by atoms with Gasteiger partial charge in [0.25, 0.3) is 0 Å². The second-order valence-electron chi connectivity index (χ2n) is 3.21. The summed E-state index contributed by atoms with van der Waals surface area (Å²) < 4.78 is 3.11. The molecule has 0 aliphatic rings. The largest absolute Gasteiger partial charge is 0.388 e. The van der Waals surface area contributed by atoms with Crippen LogP contribution in [0.1, 0.15) is 16.5 Å². The standard InChI is InChI=1S/C10H7Br3OS2/c11-8-2-1-5(15-8)3-7(14)6-4-9(12)16-10(6)13/h1-2,4,7,14H,3H2. The molecule has 2 aromatic rings. The first kappa shape index (κ1) is 13.2. The lowest BCUT2D eigenvalue weighted by molar-refractivity contribution is 0.179. The SMILES string of the molecule is OC(Cc1ccc(Br)s1)c1cc(Br)sc1Br. The van der Waals surface area contributed by atoms with E-state index in [0.717, 1.165) is 16.9 Å². The van der Waals surface area contributed by atoms with Crippen LogP contribution in [0.2, 0.25) is 0 Å². The lowest BCUT2D eigenvalue weighted by Gasteiger charge is -2.07. The highest BCUT2D eigenvalue weighted by molar-refractivity contribution is 9.12. The van der Waals surface area contributed by atoms with E-state index in [1.54, 1.807) is 22.7 Å². The van der Waals surface area contributed by atoms with E-state index in [1.165, 1.54) is 4.88 Å². The highest BCUT2D eigenvalue weighted by atomic mass is 79.9. The third-order valence-corrected chi connectivity index (χ3v) is 6.10. The molecular formula is C10H7Br3OS2. The first-order valence-corrected chi connectivity index (χ1v) is 8.44. The quantitative estimate of drug-likeness (QED) is 0.671. The molecule has 0 aliphatic heterocycles. The van der Waals surface area contributed by atoms with Crippen LogP contribution in [-0.4, -0.2) is 5.11 Å². The average Bonchev–Trinajstić information content (AvgIpc) is 2.73. The molecule has 1 N–H and O–H groups in total. The van der Waals surface area contributed by atoms with Crippen LogP contribution in [0.5, 0.6) is 0 Å². The Balaban J connectivity index is 2.14. The minimum absolute atomic E-state index is 0.456. The van der Waals surface area contributed by atoms with Gasteiger partial charge in [-0.1, -0.05) is 0 Å². The summed E-state index contributed by atoms with van der Waals surface area (Å²) in [7, 11) is 0. The zero-order valence-corrected chi connectivity index (χ0v) is 14.3. The van der Waals surface area contributed by atoms with E-state index in [1.807, 2.05) is 18.2 Å². The van der Waals surface area contributed by atoms with Gasteiger partial charge in [0.05, 0.1) is 17.5 Å². The van der Waals surface area contributed by atoms with Crippen LogP contribution in [0.3, 0.4) is 0 Å². The summed E-state index contributed by atoms with van der Waals surface area (Å²) in [5.41, 5.74) is 0.946. The predicted molar refractivity (Wildman–Crippen MR) is 80.4 cm³/mol. The molecule has 2 aromatic heterocycles. The normalized spacial score (nSPS) is 13.0. The molecule has 0 fully saturated rings. The smallest absolute Gasteiger partial charge is 0.0857 e. The zero-order chi connectivity index (χ0) is 11.7. The highest BCUT2D eigenvalue weighted by Gasteiger charge is 2.15. The molecule has 0 aromatic carbocycles. The molecular weight excluding hydrogens is 440 g/mol. The molecule has 1 nitrogen and oxygen atoms in total. The Kier molecular flexibility index (Phi) is 4.66.